The summed E-state index contributed by atoms with van der Waals surface area (Å²) in [5.41, 5.74) is -1.27. The molecule has 1 aromatic rings. The number of aliphatic imine (C=N–C) groups is 1. The van der Waals surface area contributed by atoms with Crippen LogP contribution in [0.2, 0.25) is 0 Å². The van der Waals surface area contributed by atoms with E-state index in [0.717, 1.165) is 6.07 Å². The van der Waals surface area contributed by atoms with Gasteiger partial charge in [0.05, 0.1) is 13.1 Å². The second kappa shape index (κ2) is 11.3. The van der Waals surface area contributed by atoms with Gasteiger partial charge in [-0.1, -0.05) is 0 Å². The van der Waals surface area contributed by atoms with E-state index in [1.54, 1.807) is 19.0 Å². The Balaban J connectivity index is 0.00000729. The molecule has 0 saturated carbocycles. The van der Waals surface area contributed by atoms with Gasteiger partial charge in [-0.05, 0) is 32.9 Å². The summed E-state index contributed by atoms with van der Waals surface area (Å²) in [4.78, 5) is 21.2. The molecule has 7 nitrogen and oxygen atoms in total. The number of halogens is 4. The largest absolute Gasteiger partial charge is 0.475 e. The first-order chi connectivity index (χ1) is 12.4. The van der Waals surface area contributed by atoms with Crippen LogP contribution in [0.15, 0.2) is 23.3 Å². The van der Waals surface area contributed by atoms with Gasteiger partial charge in [-0.2, -0.15) is 13.2 Å². The Morgan fingerprint density at radius 1 is 1.32 bits per heavy atom. The molecule has 1 rings (SSSR count). The highest BCUT2D eigenvalue weighted by Crippen LogP contribution is 2.34. The standard InChI is InChI=1S/C17H26F3N5O2.HI/c1-16(2,3)24-13(26)11-25(5)15(21-4)23-9-10-27-14-12(17(18,19)20)7-6-8-22-14;/h6-8H,9-11H2,1-5H3,(H,21,23)(H,24,26);1H. The van der Waals surface area contributed by atoms with Gasteiger partial charge in [0.2, 0.25) is 11.8 Å². The van der Waals surface area contributed by atoms with E-state index in [9.17, 15) is 18.0 Å². The molecule has 1 amide bonds. The van der Waals surface area contributed by atoms with Crippen LogP contribution < -0.4 is 15.4 Å². The lowest BCUT2D eigenvalue weighted by Gasteiger charge is -2.25. The van der Waals surface area contributed by atoms with Gasteiger partial charge < -0.3 is 20.3 Å². The number of aromatic nitrogens is 1. The van der Waals surface area contributed by atoms with E-state index >= 15 is 0 Å². The van der Waals surface area contributed by atoms with Crippen LogP contribution in [0.3, 0.4) is 0 Å². The number of pyridine rings is 1. The molecule has 0 aliphatic carbocycles. The normalized spacial score (nSPS) is 12.1. The fraction of sp³-hybridized carbons (Fsp3) is 0.588. The van der Waals surface area contributed by atoms with E-state index in [4.69, 9.17) is 4.74 Å². The maximum absolute atomic E-state index is 12.9. The molecule has 0 aromatic carbocycles. The second-order valence-electron chi connectivity index (χ2n) is 6.83. The highest BCUT2D eigenvalue weighted by molar-refractivity contribution is 14.0. The van der Waals surface area contributed by atoms with E-state index in [-0.39, 0.29) is 55.1 Å². The van der Waals surface area contributed by atoms with Crippen molar-refractivity contribution >= 4 is 35.8 Å². The highest BCUT2D eigenvalue weighted by atomic mass is 127. The van der Waals surface area contributed by atoms with Gasteiger partial charge in [0.25, 0.3) is 0 Å². The summed E-state index contributed by atoms with van der Waals surface area (Å²) in [5.74, 6) is -0.230. The number of guanidine groups is 1. The minimum atomic E-state index is -4.53. The van der Waals surface area contributed by atoms with Crippen LogP contribution >= 0.6 is 24.0 Å². The van der Waals surface area contributed by atoms with Crippen molar-refractivity contribution in [3.8, 4) is 5.88 Å². The molecule has 0 aliphatic heterocycles. The van der Waals surface area contributed by atoms with Crippen LogP contribution in [0, 0.1) is 0 Å². The van der Waals surface area contributed by atoms with Crippen LogP contribution in [0.1, 0.15) is 26.3 Å². The number of nitrogens with zero attached hydrogens (tertiary/aromatic N) is 3. The Hall–Kier alpha value is -1.79. The molecule has 0 unspecified atom stereocenters. The van der Waals surface area contributed by atoms with E-state index in [0.29, 0.717) is 5.96 Å². The van der Waals surface area contributed by atoms with Crippen LogP contribution in [0.25, 0.3) is 0 Å². The number of alkyl halides is 3. The number of rotatable bonds is 6. The third-order valence-corrected chi connectivity index (χ3v) is 3.17. The molecule has 1 heterocycles. The Bertz CT molecular complexity index is 663. The average molecular weight is 517 g/mol. The predicted molar refractivity (Wildman–Crippen MR) is 112 cm³/mol. The van der Waals surface area contributed by atoms with Gasteiger partial charge in [0, 0.05) is 25.8 Å². The fourth-order valence-electron chi connectivity index (χ4n) is 2.16. The van der Waals surface area contributed by atoms with E-state index in [2.05, 4.69) is 20.6 Å². The third-order valence-electron chi connectivity index (χ3n) is 3.17. The van der Waals surface area contributed by atoms with Gasteiger partial charge in [-0.3, -0.25) is 9.79 Å². The quantitative estimate of drug-likeness (QED) is 0.263. The monoisotopic (exact) mass is 517 g/mol. The van der Waals surface area contributed by atoms with Crippen LogP contribution in [0.5, 0.6) is 5.88 Å². The van der Waals surface area contributed by atoms with E-state index < -0.39 is 17.6 Å². The van der Waals surface area contributed by atoms with Crippen molar-refractivity contribution in [2.75, 3.05) is 33.8 Å². The van der Waals surface area contributed by atoms with Gasteiger partial charge in [-0.25, -0.2) is 4.98 Å². The number of hydrogen-bond donors (Lipinski definition) is 2. The van der Waals surface area contributed by atoms with Crippen molar-refractivity contribution in [2.24, 2.45) is 4.99 Å². The summed E-state index contributed by atoms with van der Waals surface area (Å²) in [7, 11) is 3.22. The lowest BCUT2D eigenvalue weighted by Crippen LogP contribution is -2.49. The van der Waals surface area contributed by atoms with Gasteiger partial charge in [-0.15, -0.1) is 24.0 Å². The number of carbonyl (C=O) groups is 1. The molecule has 0 saturated heterocycles. The number of ether oxygens (including phenoxy) is 1. The zero-order valence-electron chi connectivity index (χ0n) is 16.6. The first-order valence-corrected chi connectivity index (χ1v) is 8.32. The molecule has 1 aromatic heterocycles. The number of likely N-dealkylation sites (N-methyl/N-ethyl adjacent to an activating group) is 1. The molecule has 2 N–H and O–H groups in total. The lowest BCUT2D eigenvalue weighted by atomic mass is 10.1. The van der Waals surface area contributed by atoms with Gasteiger partial charge >= 0.3 is 6.18 Å². The first-order valence-electron chi connectivity index (χ1n) is 8.32. The molecule has 11 heteroatoms. The maximum Gasteiger partial charge on any atom is 0.421 e. The molecule has 0 radical (unpaired) electrons. The molecule has 0 atom stereocenters. The van der Waals surface area contributed by atoms with Crippen molar-refractivity contribution in [3.63, 3.8) is 0 Å². The lowest BCUT2D eigenvalue weighted by molar-refractivity contribution is -0.139. The number of amides is 1. The van der Waals surface area contributed by atoms with Crippen molar-refractivity contribution in [2.45, 2.75) is 32.5 Å². The third kappa shape index (κ3) is 9.42. The highest BCUT2D eigenvalue weighted by Gasteiger charge is 2.35. The summed E-state index contributed by atoms with van der Waals surface area (Å²) >= 11 is 0. The molecular formula is C17H27F3IN5O2. The van der Waals surface area contributed by atoms with Crippen LogP contribution in [0.4, 0.5) is 13.2 Å². The van der Waals surface area contributed by atoms with Gasteiger partial charge in [0.15, 0.2) is 5.96 Å². The SMILES string of the molecule is CN=C(NCCOc1ncccc1C(F)(F)F)N(C)CC(=O)NC(C)(C)C.I. The summed E-state index contributed by atoms with van der Waals surface area (Å²) in [6.07, 6.45) is -3.30. The maximum atomic E-state index is 12.9. The van der Waals surface area contributed by atoms with Crippen molar-refractivity contribution < 1.29 is 22.7 Å². The number of nitrogens with one attached hydrogen (secondary N) is 2. The molecule has 0 aliphatic rings. The zero-order valence-corrected chi connectivity index (χ0v) is 18.9. The summed E-state index contributed by atoms with van der Waals surface area (Å²) < 4.78 is 43.8. The van der Waals surface area contributed by atoms with Crippen molar-refractivity contribution in [1.82, 2.24) is 20.5 Å². The minimum absolute atomic E-state index is 0. The van der Waals surface area contributed by atoms with E-state index in [1.807, 2.05) is 20.8 Å². The number of hydrogen-bond acceptors (Lipinski definition) is 4. The second-order valence-corrected chi connectivity index (χ2v) is 6.83. The average Bonchev–Trinajstić information content (AvgIpc) is 2.52. The summed E-state index contributed by atoms with van der Waals surface area (Å²) in [5, 5.41) is 5.76. The Kier molecular flexibility index (Phi) is 10.5. The van der Waals surface area contributed by atoms with Crippen LogP contribution in [-0.2, 0) is 11.0 Å². The molecule has 0 spiro atoms. The molecule has 0 bridgehead atoms. The molecule has 0 fully saturated rings. The van der Waals surface area contributed by atoms with Gasteiger partial charge in [0.1, 0.15) is 12.2 Å². The molecule has 160 valence electrons. The van der Waals surface area contributed by atoms with Crippen LogP contribution in [-0.4, -0.2) is 61.1 Å². The number of carbonyl (C=O) groups excluding carboxylic acids is 1. The van der Waals surface area contributed by atoms with E-state index in [1.165, 1.54) is 12.3 Å². The predicted octanol–water partition coefficient (Wildman–Crippen LogP) is 2.52. The van der Waals surface area contributed by atoms with Crippen molar-refractivity contribution in [3.05, 3.63) is 23.9 Å². The summed E-state index contributed by atoms with van der Waals surface area (Å²) in [6.45, 7) is 5.84. The Labute approximate surface area is 180 Å². The smallest absolute Gasteiger partial charge is 0.421 e. The zero-order chi connectivity index (χ0) is 20.7. The summed E-state index contributed by atoms with van der Waals surface area (Å²) in [6, 6.07) is 2.11. The first kappa shape index (κ1) is 26.2. The fourth-order valence-corrected chi connectivity index (χ4v) is 2.16. The molecule has 28 heavy (non-hydrogen) atoms. The Morgan fingerprint density at radius 3 is 2.50 bits per heavy atom. The minimum Gasteiger partial charge on any atom is -0.475 e. The topological polar surface area (TPSA) is 78.9 Å². The van der Waals surface area contributed by atoms with Crippen molar-refractivity contribution in [1.29, 1.82) is 0 Å². The Morgan fingerprint density at radius 2 is 1.96 bits per heavy atom. The molecular weight excluding hydrogens is 490 g/mol.